The smallest absolute Gasteiger partial charge is 0.140 e. The van der Waals surface area contributed by atoms with Crippen LogP contribution in [-0.4, -0.2) is 5.78 Å². The molecule has 4 unspecified atom stereocenters. The maximum atomic E-state index is 11.7. The molecule has 0 bridgehead atoms. The molecule has 1 nitrogen and oxygen atoms in total. The average molecular weight is 176 g/mol. The maximum absolute atomic E-state index is 11.7. The molecule has 0 aliphatic heterocycles. The zero-order valence-electron chi connectivity index (χ0n) is 7.96. The van der Waals surface area contributed by atoms with Crippen LogP contribution in [0.15, 0.2) is 12.7 Å². The zero-order chi connectivity index (χ0) is 9.05. The Hall–Kier alpha value is -0.590. The number of Topliss-reactive ketones (excluding diaryl/α,β-unsaturated/α-hetero) is 1. The van der Waals surface area contributed by atoms with E-state index < -0.39 is 0 Å². The largest absolute Gasteiger partial charge is 0.299 e. The van der Waals surface area contributed by atoms with Crippen molar-refractivity contribution in [1.82, 2.24) is 0 Å². The lowest BCUT2D eigenvalue weighted by molar-refractivity contribution is -0.126. The van der Waals surface area contributed by atoms with Crippen LogP contribution in [0.3, 0.4) is 0 Å². The Bertz CT molecular complexity index is 281. The van der Waals surface area contributed by atoms with Gasteiger partial charge in [0.2, 0.25) is 0 Å². The first-order chi connectivity index (χ1) is 6.28. The van der Waals surface area contributed by atoms with Crippen LogP contribution in [0.5, 0.6) is 0 Å². The summed E-state index contributed by atoms with van der Waals surface area (Å²) in [6.07, 6.45) is 7.99. The zero-order valence-corrected chi connectivity index (χ0v) is 7.96. The Labute approximate surface area is 79.2 Å². The summed E-state index contributed by atoms with van der Waals surface area (Å²) in [6, 6.07) is 0. The summed E-state index contributed by atoms with van der Waals surface area (Å²) in [7, 11) is 0. The molecule has 0 N–H and O–H groups in total. The van der Waals surface area contributed by atoms with Crippen LogP contribution in [0.4, 0.5) is 0 Å². The lowest BCUT2D eigenvalue weighted by atomic mass is 9.69. The van der Waals surface area contributed by atoms with Gasteiger partial charge in [0.1, 0.15) is 5.78 Å². The fraction of sp³-hybridized carbons (Fsp3) is 0.750. The summed E-state index contributed by atoms with van der Waals surface area (Å²) in [6.45, 7) is 3.82. The number of carbonyl (C=O) groups is 1. The lowest BCUT2D eigenvalue weighted by Gasteiger charge is -2.33. The van der Waals surface area contributed by atoms with E-state index in [9.17, 15) is 4.79 Å². The monoisotopic (exact) mass is 176 g/mol. The van der Waals surface area contributed by atoms with Gasteiger partial charge in [-0.15, -0.1) is 6.58 Å². The van der Waals surface area contributed by atoms with Gasteiger partial charge >= 0.3 is 0 Å². The van der Waals surface area contributed by atoms with Crippen LogP contribution in [0.25, 0.3) is 0 Å². The van der Waals surface area contributed by atoms with E-state index in [1.54, 1.807) is 0 Å². The highest BCUT2D eigenvalue weighted by Gasteiger charge is 2.65. The third-order valence-corrected chi connectivity index (χ3v) is 4.74. The Balaban J connectivity index is 1.94. The highest BCUT2D eigenvalue weighted by Crippen LogP contribution is 2.72. The molecule has 0 aromatic rings. The van der Waals surface area contributed by atoms with Crippen molar-refractivity contribution in [2.45, 2.75) is 32.1 Å². The molecule has 0 saturated heterocycles. The molecule has 0 aromatic heterocycles. The maximum Gasteiger partial charge on any atom is 0.140 e. The molecule has 1 heteroatoms. The van der Waals surface area contributed by atoms with Crippen molar-refractivity contribution in [3.05, 3.63) is 12.7 Å². The first kappa shape index (κ1) is 7.78. The SMILES string of the molecule is C=CC1C(=O)CCC23CC2CCC13. The van der Waals surface area contributed by atoms with Gasteiger partial charge in [0.05, 0.1) is 0 Å². The number of allylic oxidation sites excluding steroid dienone is 1. The molecule has 4 atom stereocenters. The van der Waals surface area contributed by atoms with Crippen LogP contribution in [-0.2, 0) is 4.79 Å². The van der Waals surface area contributed by atoms with Crippen LogP contribution in [0.2, 0.25) is 0 Å². The number of hydrogen-bond donors (Lipinski definition) is 0. The van der Waals surface area contributed by atoms with Crippen molar-refractivity contribution in [1.29, 1.82) is 0 Å². The molecule has 3 saturated carbocycles. The molecular formula is C12H16O. The predicted molar refractivity (Wildman–Crippen MR) is 51.2 cm³/mol. The molecule has 0 heterocycles. The molecule has 70 valence electrons. The summed E-state index contributed by atoms with van der Waals surface area (Å²) in [5.74, 6) is 2.32. The van der Waals surface area contributed by atoms with E-state index in [4.69, 9.17) is 0 Å². The number of hydrogen-bond acceptors (Lipinski definition) is 1. The Morgan fingerprint density at radius 2 is 2.31 bits per heavy atom. The van der Waals surface area contributed by atoms with Gasteiger partial charge in [-0.2, -0.15) is 0 Å². The summed E-state index contributed by atoms with van der Waals surface area (Å²) >= 11 is 0. The average Bonchev–Trinajstić information content (AvgIpc) is 2.73. The lowest BCUT2D eigenvalue weighted by Crippen LogP contribution is -2.33. The summed E-state index contributed by atoms with van der Waals surface area (Å²) in [4.78, 5) is 11.7. The third-order valence-electron chi connectivity index (χ3n) is 4.74. The number of rotatable bonds is 1. The normalized spacial score (nSPS) is 52.6. The summed E-state index contributed by atoms with van der Waals surface area (Å²) < 4.78 is 0. The Kier molecular flexibility index (Phi) is 1.35. The van der Waals surface area contributed by atoms with Crippen molar-refractivity contribution < 1.29 is 4.79 Å². The quantitative estimate of drug-likeness (QED) is 0.561. The van der Waals surface area contributed by atoms with E-state index in [0.717, 1.165) is 12.3 Å². The molecule has 0 radical (unpaired) electrons. The van der Waals surface area contributed by atoms with Crippen molar-refractivity contribution >= 4 is 5.78 Å². The molecule has 0 aromatic carbocycles. The third kappa shape index (κ3) is 0.806. The fourth-order valence-corrected chi connectivity index (χ4v) is 3.98. The van der Waals surface area contributed by atoms with Crippen molar-refractivity contribution in [3.8, 4) is 0 Å². The molecule has 1 spiro atoms. The number of ketones is 1. The van der Waals surface area contributed by atoms with Crippen LogP contribution in [0.1, 0.15) is 32.1 Å². The van der Waals surface area contributed by atoms with Gasteiger partial charge in [0.15, 0.2) is 0 Å². The van der Waals surface area contributed by atoms with E-state index >= 15 is 0 Å². The van der Waals surface area contributed by atoms with Gasteiger partial charge in [0, 0.05) is 12.3 Å². The van der Waals surface area contributed by atoms with Gasteiger partial charge in [-0.1, -0.05) is 6.08 Å². The van der Waals surface area contributed by atoms with Gasteiger partial charge in [0.25, 0.3) is 0 Å². The highest BCUT2D eigenvalue weighted by molar-refractivity contribution is 5.84. The van der Waals surface area contributed by atoms with E-state index in [-0.39, 0.29) is 5.92 Å². The number of carbonyl (C=O) groups excluding carboxylic acids is 1. The van der Waals surface area contributed by atoms with Crippen LogP contribution >= 0.6 is 0 Å². The summed E-state index contributed by atoms with van der Waals surface area (Å²) in [5.41, 5.74) is 0.618. The van der Waals surface area contributed by atoms with E-state index in [0.29, 0.717) is 17.1 Å². The van der Waals surface area contributed by atoms with E-state index in [1.807, 2.05) is 6.08 Å². The molecule has 0 amide bonds. The summed E-state index contributed by atoms with van der Waals surface area (Å²) in [5, 5.41) is 0. The minimum atomic E-state index is 0.209. The topological polar surface area (TPSA) is 17.1 Å². The standard InChI is InChI=1S/C12H16O/c1-2-9-10-4-3-8-7-12(8,10)6-5-11(9)13/h2,8-10H,1,3-7H2. The van der Waals surface area contributed by atoms with Gasteiger partial charge in [-0.3, -0.25) is 4.79 Å². The Morgan fingerprint density at radius 3 is 3.00 bits per heavy atom. The second-order valence-electron chi connectivity index (χ2n) is 5.05. The van der Waals surface area contributed by atoms with Crippen molar-refractivity contribution in [2.24, 2.45) is 23.2 Å². The Morgan fingerprint density at radius 1 is 1.46 bits per heavy atom. The minimum absolute atomic E-state index is 0.209. The molecule has 13 heavy (non-hydrogen) atoms. The highest BCUT2D eigenvalue weighted by atomic mass is 16.1. The first-order valence-electron chi connectivity index (χ1n) is 5.43. The first-order valence-corrected chi connectivity index (χ1v) is 5.43. The fourth-order valence-electron chi connectivity index (χ4n) is 3.98. The second-order valence-corrected chi connectivity index (χ2v) is 5.05. The van der Waals surface area contributed by atoms with Crippen LogP contribution in [0, 0.1) is 23.2 Å². The van der Waals surface area contributed by atoms with Crippen molar-refractivity contribution in [3.63, 3.8) is 0 Å². The van der Waals surface area contributed by atoms with E-state index in [1.165, 1.54) is 25.7 Å². The molecule has 3 aliphatic rings. The van der Waals surface area contributed by atoms with Gasteiger partial charge < -0.3 is 0 Å². The van der Waals surface area contributed by atoms with Crippen LogP contribution < -0.4 is 0 Å². The van der Waals surface area contributed by atoms with Crippen molar-refractivity contribution in [2.75, 3.05) is 0 Å². The van der Waals surface area contributed by atoms with Gasteiger partial charge in [-0.25, -0.2) is 0 Å². The second kappa shape index (κ2) is 2.26. The molecule has 3 fully saturated rings. The molecule has 3 rings (SSSR count). The predicted octanol–water partition coefficient (Wildman–Crippen LogP) is 2.57. The molecule has 3 aliphatic carbocycles. The van der Waals surface area contributed by atoms with Gasteiger partial charge in [-0.05, 0) is 42.9 Å². The molecular weight excluding hydrogens is 160 g/mol. The van der Waals surface area contributed by atoms with E-state index in [2.05, 4.69) is 6.58 Å². The minimum Gasteiger partial charge on any atom is -0.299 e.